The van der Waals surface area contributed by atoms with Gasteiger partial charge in [-0.1, -0.05) is 30.0 Å². The van der Waals surface area contributed by atoms with E-state index in [2.05, 4.69) is 54.3 Å². The van der Waals surface area contributed by atoms with Crippen molar-refractivity contribution in [1.29, 1.82) is 0 Å². The van der Waals surface area contributed by atoms with Crippen LogP contribution in [0, 0.1) is 18.8 Å². The fourth-order valence-electron chi connectivity index (χ4n) is 2.80. The SMILES string of the molecule is Cc1c([C@@H](C)NCc2ccc(C#CC(C)(C)O)s2)cnn1-c1ccccc1. The van der Waals surface area contributed by atoms with Crippen molar-refractivity contribution < 1.29 is 5.11 Å². The molecule has 4 nitrogen and oxygen atoms in total. The van der Waals surface area contributed by atoms with Gasteiger partial charge in [0, 0.05) is 28.7 Å². The summed E-state index contributed by atoms with van der Waals surface area (Å²) in [5.41, 5.74) is 2.44. The fraction of sp³-hybridized carbons (Fsp3) is 0.318. The van der Waals surface area contributed by atoms with E-state index in [0.717, 1.165) is 22.8 Å². The molecule has 0 aliphatic carbocycles. The summed E-state index contributed by atoms with van der Waals surface area (Å²) in [6.45, 7) is 8.41. The highest BCUT2D eigenvalue weighted by Crippen LogP contribution is 2.22. The monoisotopic (exact) mass is 379 g/mol. The minimum absolute atomic E-state index is 0.190. The zero-order valence-electron chi connectivity index (χ0n) is 16.2. The van der Waals surface area contributed by atoms with Crippen LogP contribution in [-0.2, 0) is 6.54 Å². The molecule has 0 aliphatic rings. The van der Waals surface area contributed by atoms with Crippen LogP contribution in [0.3, 0.4) is 0 Å². The fourth-order valence-corrected chi connectivity index (χ4v) is 3.61. The van der Waals surface area contributed by atoms with Crippen molar-refractivity contribution >= 4 is 11.3 Å². The second kappa shape index (κ2) is 8.10. The molecule has 3 aromatic rings. The second-order valence-corrected chi connectivity index (χ2v) is 8.28. The van der Waals surface area contributed by atoms with Gasteiger partial charge in [-0.15, -0.1) is 11.3 Å². The number of hydrogen-bond donors (Lipinski definition) is 2. The van der Waals surface area contributed by atoms with Crippen LogP contribution >= 0.6 is 11.3 Å². The molecule has 0 saturated carbocycles. The van der Waals surface area contributed by atoms with Gasteiger partial charge in [0.05, 0.1) is 16.8 Å². The standard InChI is InChI=1S/C22H25N3OS/c1-16(21-15-24-25(17(21)2)18-8-6-5-7-9-18)23-14-20-11-10-19(27-20)12-13-22(3,4)26/h5-11,15-16,23,26H,14H2,1-4H3/t16-/m1/s1. The first-order valence-corrected chi connectivity index (χ1v) is 9.83. The molecule has 0 fully saturated rings. The summed E-state index contributed by atoms with van der Waals surface area (Å²) in [5, 5.41) is 17.8. The van der Waals surface area contributed by atoms with Crippen LogP contribution in [0.5, 0.6) is 0 Å². The lowest BCUT2D eigenvalue weighted by atomic mass is 10.1. The highest BCUT2D eigenvalue weighted by Gasteiger charge is 2.14. The van der Waals surface area contributed by atoms with E-state index in [9.17, 15) is 5.11 Å². The van der Waals surface area contributed by atoms with Gasteiger partial charge in [0.15, 0.2) is 0 Å². The molecule has 0 saturated heterocycles. The number of nitrogens with one attached hydrogen (secondary N) is 1. The molecule has 0 unspecified atom stereocenters. The third-order valence-corrected chi connectivity index (χ3v) is 5.25. The minimum Gasteiger partial charge on any atom is -0.378 e. The molecule has 0 spiro atoms. The molecule has 1 aromatic carbocycles. The summed E-state index contributed by atoms with van der Waals surface area (Å²) in [4.78, 5) is 2.18. The van der Waals surface area contributed by atoms with Gasteiger partial charge in [0.2, 0.25) is 0 Å². The lowest BCUT2D eigenvalue weighted by Crippen LogP contribution is -2.18. The number of benzene rings is 1. The first-order valence-electron chi connectivity index (χ1n) is 9.01. The van der Waals surface area contributed by atoms with Gasteiger partial charge in [-0.3, -0.25) is 0 Å². The average molecular weight is 380 g/mol. The highest BCUT2D eigenvalue weighted by atomic mass is 32.1. The molecule has 1 atom stereocenters. The van der Waals surface area contributed by atoms with Crippen molar-refractivity contribution in [3.63, 3.8) is 0 Å². The lowest BCUT2D eigenvalue weighted by Gasteiger charge is -2.13. The molecule has 3 rings (SSSR count). The van der Waals surface area contributed by atoms with Crippen LogP contribution in [0.1, 0.15) is 47.8 Å². The van der Waals surface area contributed by atoms with Crippen molar-refractivity contribution in [3.8, 4) is 17.5 Å². The van der Waals surface area contributed by atoms with E-state index in [1.807, 2.05) is 35.1 Å². The number of nitrogens with zero attached hydrogens (tertiary/aromatic N) is 2. The Morgan fingerprint density at radius 1 is 1.22 bits per heavy atom. The van der Waals surface area contributed by atoms with E-state index in [-0.39, 0.29) is 6.04 Å². The first kappa shape index (κ1) is 19.4. The molecular weight excluding hydrogens is 354 g/mol. The summed E-state index contributed by atoms with van der Waals surface area (Å²) in [5.74, 6) is 5.88. The Morgan fingerprint density at radius 3 is 2.67 bits per heavy atom. The highest BCUT2D eigenvalue weighted by molar-refractivity contribution is 7.12. The molecule has 2 aromatic heterocycles. The third kappa shape index (κ3) is 5.08. The van der Waals surface area contributed by atoms with Crippen molar-refractivity contribution in [1.82, 2.24) is 15.1 Å². The van der Waals surface area contributed by atoms with Gasteiger partial charge in [0.1, 0.15) is 5.60 Å². The number of hydrogen-bond acceptors (Lipinski definition) is 4. The summed E-state index contributed by atoms with van der Waals surface area (Å²) < 4.78 is 1.98. The van der Waals surface area contributed by atoms with E-state index in [1.54, 1.807) is 25.2 Å². The molecule has 2 heterocycles. The lowest BCUT2D eigenvalue weighted by molar-refractivity contribution is 0.143. The molecule has 5 heteroatoms. The van der Waals surface area contributed by atoms with Crippen molar-refractivity contribution in [2.45, 2.75) is 45.9 Å². The molecular formula is C22H25N3OS. The molecule has 140 valence electrons. The molecule has 27 heavy (non-hydrogen) atoms. The summed E-state index contributed by atoms with van der Waals surface area (Å²) in [6, 6.07) is 14.4. The Labute approximate surface area is 164 Å². The van der Waals surface area contributed by atoms with Crippen molar-refractivity contribution in [3.05, 3.63) is 69.7 Å². The third-order valence-electron chi connectivity index (χ3n) is 4.25. The zero-order valence-corrected chi connectivity index (χ0v) is 17.0. The normalized spacial score (nSPS) is 12.5. The first-order chi connectivity index (χ1) is 12.8. The van der Waals surface area contributed by atoms with Crippen molar-refractivity contribution in [2.75, 3.05) is 0 Å². The largest absolute Gasteiger partial charge is 0.378 e. The minimum atomic E-state index is -0.965. The summed E-state index contributed by atoms with van der Waals surface area (Å²) in [6.07, 6.45) is 1.94. The van der Waals surface area contributed by atoms with E-state index >= 15 is 0 Å². The van der Waals surface area contributed by atoms with Crippen LogP contribution in [0.4, 0.5) is 0 Å². The van der Waals surface area contributed by atoms with E-state index < -0.39 is 5.60 Å². The molecule has 0 radical (unpaired) electrons. The van der Waals surface area contributed by atoms with Gasteiger partial charge < -0.3 is 10.4 Å². The summed E-state index contributed by atoms with van der Waals surface area (Å²) in [7, 11) is 0. The topological polar surface area (TPSA) is 50.1 Å². The zero-order chi connectivity index (χ0) is 19.4. The quantitative estimate of drug-likeness (QED) is 0.653. The van der Waals surface area contributed by atoms with Gasteiger partial charge in [0.25, 0.3) is 0 Å². The number of para-hydroxylation sites is 1. The summed E-state index contributed by atoms with van der Waals surface area (Å²) >= 11 is 1.65. The maximum Gasteiger partial charge on any atom is 0.120 e. The second-order valence-electron chi connectivity index (χ2n) is 7.11. The Bertz CT molecular complexity index is 955. The van der Waals surface area contributed by atoms with Gasteiger partial charge >= 0.3 is 0 Å². The maximum absolute atomic E-state index is 9.71. The molecule has 2 N–H and O–H groups in total. The van der Waals surface area contributed by atoms with E-state index in [4.69, 9.17) is 0 Å². The molecule has 0 bridgehead atoms. The Kier molecular flexibility index (Phi) is 5.81. The Morgan fingerprint density at radius 2 is 1.96 bits per heavy atom. The number of rotatable bonds is 5. The Balaban J connectivity index is 1.65. The number of thiophene rings is 1. The van der Waals surface area contributed by atoms with Gasteiger partial charge in [-0.25, -0.2) is 4.68 Å². The molecule has 0 aliphatic heterocycles. The van der Waals surface area contributed by atoms with Crippen LogP contribution in [0.15, 0.2) is 48.7 Å². The van der Waals surface area contributed by atoms with Crippen molar-refractivity contribution in [2.24, 2.45) is 0 Å². The van der Waals surface area contributed by atoms with Gasteiger partial charge in [-0.05, 0) is 52.0 Å². The van der Waals surface area contributed by atoms with Crippen LogP contribution in [0.25, 0.3) is 5.69 Å². The molecule has 0 amide bonds. The number of aliphatic hydroxyl groups is 1. The van der Waals surface area contributed by atoms with Crippen LogP contribution in [0.2, 0.25) is 0 Å². The maximum atomic E-state index is 9.71. The van der Waals surface area contributed by atoms with Crippen LogP contribution in [-0.4, -0.2) is 20.5 Å². The Hall–Kier alpha value is -2.39. The van der Waals surface area contributed by atoms with Crippen LogP contribution < -0.4 is 5.32 Å². The average Bonchev–Trinajstić information content (AvgIpc) is 3.24. The predicted octanol–water partition coefficient (Wildman–Crippen LogP) is 4.22. The predicted molar refractivity (Wildman–Crippen MR) is 111 cm³/mol. The van der Waals surface area contributed by atoms with E-state index in [1.165, 1.54) is 10.4 Å². The number of aromatic nitrogens is 2. The van der Waals surface area contributed by atoms with E-state index in [0.29, 0.717) is 0 Å². The van der Waals surface area contributed by atoms with Gasteiger partial charge in [-0.2, -0.15) is 5.10 Å². The smallest absolute Gasteiger partial charge is 0.120 e.